The minimum Gasteiger partial charge on any atom is -0.382 e. The van der Waals surface area contributed by atoms with Gasteiger partial charge in [-0.1, -0.05) is 0 Å². The van der Waals surface area contributed by atoms with Crippen molar-refractivity contribution in [1.82, 2.24) is 15.6 Å². The molecule has 0 bridgehead atoms. The largest absolute Gasteiger partial charge is 0.434 e. The van der Waals surface area contributed by atoms with Crippen LogP contribution in [0.2, 0.25) is 0 Å². The second-order valence-corrected chi connectivity index (χ2v) is 5.55. The number of hydrogen-bond donors (Lipinski definition) is 2. The molecular weight excluding hydrogens is 456 g/mol. The topological polar surface area (TPSA) is 58.5 Å². The zero-order valence-corrected chi connectivity index (χ0v) is 16.9. The number of ether oxygens (including phenoxy) is 1. The Morgan fingerprint density at radius 1 is 1.33 bits per heavy atom. The molecule has 1 aromatic heterocycles. The van der Waals surface area contributed by atoms with Crippen LogP contribution in [0.4, 0.5) is 13.2 Å². The fourth-order valence-electron chi connectivity index (χ4n) is 1.69. The third kappa shape index (κ3) is 9.62. The van der Waals surface area contributed by atoms with Crippen molar-refractivity contribution >= 4 is 41.3 Å². The summed E-state index contributed by atoms with van der Waals surface area (Å²) >= 11 is 1.02. The predicted molar refractivity (Wildman–Crippen MR) is 101 cm³/mol. The van der Waals surface area contributed by atoms with Gasteiger partial charge in [0.1, 0.15) is 0 Å². The van der Waals surface area contributed by atoms with Crippen molar-refractivity contribution in [2.75, 3.05) is 32.8 Å². The van der Waals surface area contributed by atoms with Crippen LogP contribution in [0.15, 0.2) is 10.4 Å². The van der Waals surface area contributed by atoms with Crippen LogP contribution in [0.1, 0.15) is 31.0 Å². The van der Waals surface area contributed by atoms with E-state index < -0.39 is 11.9 Å². The fraction of sp³-hybridized carbons (Fsp3) is 0.714. The minimum atomic E-state index is -4.38. The standard InChI is InChI=1S/C14H23F3N4OS.HI/c1-3-18-13(19-7-5-9-22-4-2)20-8-6-12-21-11(10-23-12)14(15,16)17;/h10H,3-9H2,1-2H3,(H2,18,19,20);1H. The fourth-order valence-corrected chi connectivity index (χ4v) is 2.49. The number of rotatable bonds is 9. The molecule has 0 aliphatic rings. The van der Waals surface area contributed by atoms with Gasteiger partial charge in [-0.05, 0) is 20.3 Å². The highest BCUT2D eigenvalue weighted by atomic mass is 127. The van der Waals surface area contributed by atoms with E-state index in [4.69, 9.17) is 4.74 Å². The Labute approximate surface area is 161 Å². The van der Waals surface area contributed by atoms with Gasteiger partial charge in [0.05, 0.1) is 5.01 Å². The van der Waals surface area contributed by atoms with Crippen LogP contribution in [0.3, 0.4) is 0 Å². The molecule has 0 aliphatic heterocycles. The third-order valence-electron chi connectivity index (χ3n) is 2.74. The van der Waals surface area contributed by atoms with E-state index in [1.54, 1.807) is 0 Å². The Kier molecular flexibility index (Phi) is 12.4. The number of halogens is 4. The Hall–Kier alpha value is -0.620. The van der Waals surface area contributed by atoms with Crippen molar-refractivity contribution in [3.05, 3.63) is 16.1 Å². The minimum absolute atomic E-state index is 0. The number of alkyl halides is 3. The maximum Gasteiger partial charge on any atom is 0.434 e. The second kappa shape index (κ2) is 12.7. The van der Waals surface area contributed by atoms with Gasteiger partial charge in [0.2, 0.25) is 0 Å². The molecule has 0 amide bonds. The van der Waals surface area contributed by atoms with Gasteiger partial charge in [0, 0.05) is 44.6 Å². The zero-order valence-electron chi connectivity index (χ0n) is 13.8. The molecule has 0 fully saturated rings. The summed E-state index contributed by atoms with van der Waals surface area (Å²) in [6.07, 6.45) is -3.13. The first-order valence-corrected chi connectivity index (χ1v) is 8.46. The molecule has 10 heteroatoms. The van der Waals surface area contributed by atoms with E-state index in [-0.39, 0.29) is 24.0 Å². The lowest BCUT2D eigenvalue weighted by Crippen LogP contribution is -2.38. The maximum absolute atomic E-state index is 12.5. The van der Waals surface area contributed by atoms with Crippen LogP contribution < -0.4 is 10.6 Å². The van der Waals surface area contributed by atoms with E-state index in [0.717, 1.165) is 23.1 Å². The van der Waals surface area contributed by atoms with Crippen molar-refractivity contribution in [2.24, 2.45) is 4.99 Å². The van der Waals surface area contributed by atoms with Crippen LogP contribution in [0, 0.1) is 0 Å². The molecule has 0 aromatic carbocycles. The van der Waals surface area contributed by atoms with Gasteiger partial charge in [0.25, 0.3) is 0 Å². The van der Waals surface area contributed by atoms with E-state index >= 15 is 0 Å². The number of nitrogens with zero attached hydrogens (tertiary/aromatic N) is 2. The average Bonchev–Trinajstić information content (AvgIpc) is 2.96. The molecule has 1 rings (SSSR count). The van der Waals surface area contributed by atoms with Crippen molar-refractivity contribution in [1.29, 1.82) is 0 Å². The third-order valence-corrected chi connectivity index (χ3v) is 3.65. The normalized spacial score (nSPS) is 12.0. The van der Waals surface area contributed by atoms with E-state index in [9.17, 15) is 13.2 Å². The molecule has 1 heterocycles. The van der Waals surface area contributed by atoms with Crippen LogP contribution >= 0.6 is 35.3 Å². The van der Waals surface area contributed by atoms with Gasteiger partial charge in [-0.2, -0.15) is 13.2 Å². The highest BCUT2D eigenvalue weighted by Crippen LogP contribution is 2.29. The van der Waals surface area contributed by atoms with Gasteiger partial charge < -0.3 is 15.4 Å². The molecule has 24 heavy (non-hydrogen) atoms. The lowest BCUT2D eigenvalue weighted by molar-refractivity contribution is -0.140. The van der Waals surface area contributed by atoms with Crippen molar-refractivity contribution < 1.29 is 17.9 Å². The first kappa shape index (κ1) is 23.4. The monoisotopic (exact) mass is 480 g/mol. The first-order chi connectivity index (χ1) is 11.0. The van der Waals surface area contributed by atoms with E-state index in [1.807, 2.05) is 13.8 Å². The van der Waals surface area contributed by atoms with Crippen LogP contribution in [-0.2, 0) is 17.3 Å². The Morgan fingerprint density at radius 2 is 2.08 bits per heavy atom. The molecule has 1 aromatic rings. The summed E-state index contributed by atoms with van der Waals surface area (Å²) in [6, 6.07) is 0. The summed E-state index contributed by atoms with van der Waals surface area (Å²) in [5.74, 6) is 0.650. The molecule has 5 nitrogen and oxygen atoms in total. The van der Waals surface area contributed by atoms with Crippen LogP contribution in [0.25, 0.3) is 0 Å². The number of hydrogen-bond acceptors (Lipinski definition) is 4. The quantitative estimate of drug-likeness (QED) is 0.247. The summed E-state index contributed by atoms with van der Waals surface area (Å²) in [5, 5.41) is 7.68. The highest BCUT2D eigenvalue weighted by Gasteiger charge is 2.33. The summed E-state index contributed by atoms with van der Waals surface area (Å²) in [5.41, 5.74) is -0.825. The van der Waals surface area contributed by atoms with Gasteiger partial charge >= 0.3 is 6.18 Å². The average molecular weight is 480 g/mol. The van der Waals surface area contributed by atoms with Gasteiger partial charge in [-0.3, -0.25) is 4.99 Å². The lowest BCUT2D eigenvalue weighted by atomic mass is 10.4. The molecule has 0 unspecified atom stereocenters. The molecule has 0 saturated carbocycles. The lowest BCUT2D eigenvalue weighted by Gasteiger charge is -2.10. The van der Waals surface area contributed by atoms with Crippen molar-refractivity contribution in [3.8, 4) is 0 Å². The predicted octanol–water partition coefficient (Wildman–Crippen LogP) is 3.30. The van der Waals surface area contributed by atoms with Crippen molar-refractivity contribution in [3.63, 3.8) is 0 Å². The highest BCUT2D eigenvalue weighted by molar-refractivity contribution is 14.0. The molecule has 140 valence electrons. The van der Waals surface area contributed by atoms with Crippen LogP contribution in [0.5, 0.6) is 0 Å². The first-order valence-electron chi connectivity index (χ1n) is 7.58. The van der Waals surface area contributed by atoms with E-state index in [0.29, 0.717) is 50.2 Å². The Morgan fingerprint density at radius 3 is 2.67 bits per heavy atom. The van der Waals surface area contributed by atoms with Crippen molar-refractivity contribution in [2.45, 2.75) is 32.9 Å². The summed E-state index contributed by atoms with van der Waals surface area (Å²) in [6.45, 7) is 7.07. The zero-order chi connectivity index (χ0) is 17.1. The van der Waals surface area contributed by atoms with Gasteiger partial charge in [-0.15, -0.1) is 35.3 Å². The summed E-state index contributed by atoms with van der Waals surface area (Å²) in [4.78, 5) is 7.98. The molecule has 0 atom stereocenters. The smallest absolute Gasteiger partial charge is 0.382 e. The molecule has 0 radical (unpaired) electrons. The molecule has 0 aliphatic carbocycles. The molecule has 0 saturated heterocycles. The number of guanidine groups is 1. The molecule has 0 spiro atoms. The number of aliphatic imine (C=N–C) groups is 1. The number of aromatic nitrogens is 1. The summed E-state index contributed by atoms with van der Waals surface area (Å²) in [7, 11) is 0. The summed E-state index contributed by atoms with van der Waals surface area (Å²) < 4.78 is 42.6. The Bertz CT molecular complexity index is 483. The van der Waals surface area contributed by atoms with Crippen LogP contribution in [-0.4, -0.2) is 43.8 Å². The van der Waals surface area contributed by atoms with E-state index in [2.05, 4.69) is 20.6 Å². The Balaban J connectivity index is 0.00000529. The second-order valence-electron chi connectivity index (χ2n) is 4.61. The van der Waals surface area contributed by atoms with E-state index in [1.165, 1.54) is 0 Å². The number of thiazole rings is 1. The SMILES string of the molecule is CCNC(=NCCCOCC)NCCc1nc(C(F)(F)F)cs1.I. The van der Waals surface area contributed by atoms with Gasteiger partial charge in [0.15, 0.2) is 11.7 Å². The molecular formula is C14H24F3IN4OS. The maximum atomic E-state index is 12.5. The molecule has 2 N–H and O–H groups in total. The number of nitrogens with one attached hydrogen (secondary N) is 2. The van der Waals surface area contributed by atoms with Gasteiger partial charge in [-0.25, -0.2) is 4.98 Å².